The maximum atomic E-state index is 11.3. The normalized spacial score (nSPS) is 18.0. The van der Waals surface area contributed by atoms with Gasteiger partial charge in [-0.05, 0) is 25.0 Å². The highest BCUT2D eigenvalue weighted by Gasteiger charge is 2.13. The molecular weight excluding hydrogens is 395 g/mol. The van der Waals surface area contributed by atoms with Gasteiger partial charge in [-0.1, -0.05) is 12.1 Å². The Balaban J connectivity index is 2.13. The summed E-state index contributed by atoms with van der Waals surface area (Å²) >= 11 is 2.30. The average molecular weight is 418 g/mol. The van der Waals surface area contributed by atoms with E-state index in [-0.39, 0.29) is 0 Å². The largest absolute Gasteiger partial charge is 0.465 e. The van der Waals surface area contributed by atoms with Crippen molar-refractivity contribution in [1.29, 1.82) is 0 Å². The fourth-order valence-electron chi connectivity index (χ4n) is 2.53. The quantitative estimate of drug-likeness (QED) is 0.447. The number of nitrogens with zero attached hydrogens (tertiary/aromatic N) is 2. The fraction of sp³-hybridized carbons (Fsp3) is 0.533. The van der Waals surface area contributed by atoms with Gasteiger partial charge in [0.15, 0.2) is 0 Å². The van der Waals surface area contributed by atoms with E-state index in [1.54, 1.807) is 0 Å². The predicted octanol–water partition coefficient (Wildman–Crippen LogP) is 2.85. The lowest BCUT2D eigenvalue weighted by molar-refractivity contribution is 0.146. The number of hydrogen-bond donors (Lipinski definition) is 3. The van der Waals surface area contributed by atoms with Crippen LogP contribution in [-0.2, 0) is 0 Å². The van der Waals surface area contributed by atoms with E-state index in [4.69, 9.17) is 0 Å². The lowest BCUT2D eigenvalue weighted by atomic mass is 10.1. The standard InChI is InChI=1S/C15H23IN4O2/c1-12-4-2-5-13-14(12)18-6-10-19(15(21)22)8-3-9-20(16)11-7-17-13/h2,4-5,17-18H,3,6-11H2,1H3,(H,21,22). The molecule has 22 heavy (non-hydrogen) atoms. The van der Waals surface area contributed by atoms with Crippen molar-refractivity contribution in [2.24, 2.45) is 0 Å². The molecular formula is C15H23IN4O2. The molecule has 1 heterocycles. The van der Waals surface area contributed by atoms with Crippen LogP contribution in [0.4, 0.5) is 16.2 Å². The van der Waals surface area contributed by atoms with Crippen LogP contribution < -0.4 is 10.6 Å². The third kappa shape index (κ3) is 4.91. The number of aryl methyl sites for hydroxylation is 1. The van der Waals surface area contributed by atoms with Crippen molar-refractivity contribution in [2.75, 3.05) is 49.9 Å². The highest BCUT2D eigenvalue weighted by molar-refractivity contribution is 14.1. The second-order valence-corrected chi connectivity index (χ2v) is 6.75. The van der Waals surface area contributed by atoms with Gasteiger partial charge in [0, 0.05) is 62.1 Å². The molecule has 0 saturated carbocycles. The first-order valence-corrected chi connectivity index (χ1v) is 8.50. The van der Waals surface area contributed by atoms with Crippen molar-refractivity contribution in [2.45, 2.75) is 13.3 Å². The van der Waals surface area contributed by atoms with Crippen LogP contribution in [0.3, 0.4) is 0 Å². The smallest absolute Gasteiger partial charge is 0.407 e. The van der Waals surface area contributed by atoms with Gasteiger partial charge in [-0.3, -0.25) is 0 Å². The van der Waals surface area contributed by atoms with E-state index in [9.17, 15) is 9.90 Å². The highest BCUT2D eigenvalue weighted by atomic mass is 127. The van der Waals surface area contributed by atoms with Crippen LogP contribution in [-0.4, -0.2) is 58.5 Å². The molecule has 0 aromatic heterocycles. The van der Waals surface area contributed by atoms with Gasteiger partial charge in [-0.15, -0.1) is 0 Å². The van der Waals surface area contributed by atoms with E-state index in [1.807, 2.05) is 6.07 Å². The van der Waals surface area contributed by atoms with Crippen molar-refractivity contribution in [3.63, 3.8) is 0 Å². The number of amides is 1. The molecule has 1 aromatic carbocycles. The van der Waals surface area contributed by atoms with E-state index in [2.05, 4.69) is 55.7 Å². The third-order valence-corrected chi connectivity index (χ3v) is 4.69. The Hall–Kier alpha value is -1.22. The zero-order valence-corrected chi connectivity index (χ0v) is 15.0. The van der Waals surface area contributed by atoms with Gasteiger partial charge in [0.05, 0.1) is 11.4 Å². The van der Waals surface area contributed by atoms with Crippen LogP contribution in [0.15, 0.2) is 18.2 Å². The summed E-state index contributed by atoms with van der Waals surface area (Å²) in [5.41, 5.74) is 3.30. The highest BCUT2D eigenvalue weighted by Crippen LogP contribution is 2.25. The second-order valence-electron chi connectivity index (χ2n) is 5.38. The molecule has 1 amide bonds. The third-order valence-electron chi connectivity index (χ3n) is 3.73. The van der Waals surface area contributed by atoms with Crippen LogP contribution in [0.1, 0.15) is 12.0 Å². The first-order valence-electron chi connectivity index (χ1n) is 7.54. The monoisotopic (exact) mass is 418 g/mol. The summed E-state index contributed by atoms with van der Waals surface area (Å²) in [6.45, 7) is 6.41. The zero-order chi connectivity index (χ0) is 15.9. The Morgan fingerprint density at radius 1 is 1.18 bits per heavy atom. The van der Waals surface area contributed by atoms with E-state index in [1.165, 1.54) is 4.90 Å². The molecule has 0 aliphatic carbocycles. The van der Waals surface area contributed by atoms with E-state index in [0.717, 1.165) is 43.0 Å². The Morgan fingerprint density at radius 3 is 2.73 bits per heavy atom. The molecule has 1 aliphatic heterocycles. The van der Waals surface area contributed by atoms with E-state index >= 15 is 0 Å². The van der Waals surface area contributed by atoms with Crippen molar-refractivity contribution in [1.82, 2.24) is 8.01 Å². The molecule has 0 fully saturated rings. The summed E-state index contributed by atoms with van der Waals surface area (Å²) in [6.07, 6.45) is 0.00103. The number of nitrogens with one attached hydrogen (secondary N) is 2. The SMILES string of the molecule is Cc1cccc2c1NCCN(C(=O)O)CCCN(I)CCN2. The van der Waals surface area contributed by atoms with Gasteiger partial charge in [0.1, 0.15) is 0 Å². The minimum absolute atomic E-state index is 0.490. The Kier molecular flexibility index (Phi) is 6.56. The molecule has 6 nitrogen and oxygen atoms in total. The lowest BCUT2D eigenvalue weighted by Gasteiger charge is -2.21. The fourth-order valence-corrected chi connectivity index (χ4v) is 3.11. The number of rotatable bonds is 0. The molecule has 0 saturated heterocycles. The van der Waals surface area contributed by atoms with Gasteiger partial charge in [-0.25, -0.2) is 7.91 Å². The van der Waals surface area contributed by atoms with Gasteiger partial charge >= 0.3 is 6.09 Å². The van der Waals surface area contributed by atoms with Crippen molar-refractivity contribution in [3.05, 3.63) is 23.8 Å². The van der Waals surface area contributed by atoms with Crippen LogP contribution in [0, 0.1) is 6.92 Å². The van der Waals surface area contributed by atoms with Crippen molar-refractivity contribution in [3.8, 4) is 0 Å². The van der Waals surface area contributed by atoms with Gasteiger partial charge in [0.25, 0.3) is 0 Å². The van der Waals surface area contributed by atoms with E-state index in [0.29, 0.717) is 19.6 Å². The molecule has 0 radical (unpaired) electrons. The minimum Gasteiger partial charge on any atom is -0.465 e. The predicted molar refractivity (Wildman–Crippen MR) is 98.0 cm³/mol. The number of hydrogen-bond acceptors (Lipinski definition) is 4. The summed E-state index contributed by atoms with van der Waals surface area (Å²) in [6, 6.07) is 6.15. The number of para-hydroxylation sites is 1. The molecule has 7 heteroatoms. The molecule has 0 unspecified atom stereocenters. The minimum atomic E-state index is -0.847. The second kappa shape index (κ2) is 8.42. The number of halogens is 1. The van der Waals surface area contributed by atoms with Crippen molar-refractivity contribution < 1.29 is 9.90 Å². The van der Waals surface area contributed by atoms with Gasteiger partial charge in [-0.2, -0.15) is 0 Å². The van der Waals surface area contributed by atoms with Gasteiger partial charge in [0.2, 0.25) is 0 Å². The van der Waals surface area contributed by atoms with Crippen LogP contribution in [0.5, 0.6) is 0 Å². The Morgan fingerprint density at radius 2 is 1.95 bits per heavy atom. The summed E-state index contributed by atoms with van der Waals surface area (Å²) in [5, 5.41) is 16.1. The maximum absolute atomic E-state index is 11.3. The molecule has 122 valence electrons. The molecule has 0 bridgehead atoms. The summed E-state index contributed by atoms with van der Waals surface area (Å²) in [5.74, 6) is 0. The first kappa shape index (κ1) is 17.1. The average Bonchev–Trinajstić information content (AvgIpc) is 2.48. The number of anilines is 2. The Labute approximate surface area is 145 Å². The summed E-state index contributed by atoms with van der Waals surface area (Å²) in [7, 11) is 0. The van der Waals surface area contributed by atoms with Crippen LogP contribution in [0.2, 0.25) is 0 Å². The van der Waals surface area contributed by atoms with E-state index < -0.39 is 6.09 Å². The zero-order valence-electron chi connectivity index (χ0n) is 12.8. The van der Waals surface area contributed by atoms with Crippen molar-refractivity contribution >= 4 is 40.3 Å². The molecule has 3 N–H and O–H groups in total. The molecule has 2 rings (SSSR count). The molecule has 0 atom stereocenters. The number of fused-ring (bicyclic) bond motifs is 1. The molecule has 1 aromatic rings. The number of carbonyl (C=O) groups is 1. The molecule has 0 spiro atoms. The molecule has 1 aliphatic rings. The summed E-state index contributed by atoms with van der Waals surface area (Å²) < 4.78 is 2.20. The maximum Gasteiger partial charge on any atom is 0.407 e. The van der Waals surface area contributed by atoms with Crippen LogP contribution >= 0.6 is 22.9 Å². The van der Waals surface area contributed by atoms with Crippen LogP contribution in [0.25, 0.3) is 0 Å². The van der Waals surface area contributed by atoms with Gasteiger partial charge < -0.3 is 20.6 Å². The summed E-state index contributed by atoms with van der Waals surface area (Å²) in [4.78, 5) is 12.8. The Bertz CT molecular complexity index is 512. The lowest BCUT2D eigenvalue weighted by Crippen LogP contribution is -2.35. The number of carboxylic acid groups (broad SMARTS) is 1. The first-order chi connectivity index (χ1) is 10.6. The number of benzene rings is 1. The topological polar surface area (TPSA) is 67.8 Å².